The number of hydrogen-bond acceptors (Lipinski definition) is 2. The van der Waals surface area contributed by atoms with Crippen LogP contribution >= 0.6 is 0 Å². The van der Waals surface area contributed by atoms with Gasteiger partial charge in [0.15, 0.2) is 0 Å². The molecule has 0 aromatic heterocycles. The summed E-state index contributed by atoms with van der Waals surface area (Å²) >= 11 is 0. The van der Waals surface area contributed by atoms with Crippen LogP contribution in [-0.2, 0) is 0 Å². The molecule has 1 aromatic carbocycles. The van der Waals surface area contributed by atoms with Gasteiger partial charge < -0.3 is 15.7 Å². The van der Waals surface area contributed by atoms with Crippen LogP contribution in [0.5, 0.6) is 0 Å². The van der Waals surface area contributed by atoms with Gasteiger partial charge in [-0.2, -0.15) is 0 Å². The monoisotopic (exact) mass is 278 g/mol. The van der Waals surface area contributed by atoms with Crippen LogP contribution in [0.2, 0.25) is 0 Å². The minimum atomic E-state index is -0.187. The molecule has 1 unspecified atom stereocenters. The zero-order chi connectivity index (χ0) is 15.1. The van der Waals surface area contributed by atoms with Gasteiger partial charge in [0.25, 0.3) is 0 Å². The van der Waals surface area contributed by atoms with E-state index >= 15 is 0 Å². The molecule has 0 bridgehead atoms. The summed E-state index contributed by atoms with van der Waals surface area (Å²) in [6, 6.07) is 7.86. The molecule has 0 saturated heterocycles. The van der Waals surface area contributed by atoms with E-state index in [9.17, 15) is 4.79 Å². The first-order chi connectivity index (χ1) is 9.45. The van der Waals surface area contributed by atoms with Crippen molar-refractivity contribution in [2.45, 2.75) is 46.2 Å². The number of urea groups is 1. The average molecular weight is 278 g/mol. The van der Waals surface area contributed by atoms with Gasteiger partial charge in [-0.1, -0.05) is 38.1 Å². The molecule has 0 spiro atoms. The number of carbonyl (C=O) groups is 1. The van der Waals surface area contributed by atoms with Crippen molar-refractivity contribution in [3.05, 3.63) is 35.4 Å². The Bertz CT molecular complexity index is 432. The van der Waals surface area contributed by atoms with Crippen LogP contribution in [0.15, 0.2) is 24.3 Å². The lowest BCUT2D eigenvalue weighted by Gasteiger charge is -2.25. The van der Waals surface area contributed by atoms with E-state index in [1.807, 2.05) is 19.1 Å². The van der Waals surface area contributed by atoms with Crippen molar-refractivity contribution in [3.8, 4) is 0 Å². The molecular weight excluding hydrogens is 252 g/mol. The smallest absolute Gasteiger partial charge is 0.315 e. The lowest BCUT2D eigenvalue weighted by molar-refractivity contribution is 0.224. The first kappa shape index (κ1) is 16.5. The Morgan fingerprint density at radius 2 is 1.85 bits per heavy atom. The van der Waals surface area contributed by atoms with E-state index in [4.69, 9.17) is 5.11 Å². The Kier molecular flexibility index (Phi) is 6.52. The number of rotatable bonds is 6. The van der Waals surface area contributed by atoms with E-state index in [0.717, 1.165) is 5.56 Å². The number of aliphatic hydroxyl groups excluding tert-OH is 1. The molecule has 2 amide bonds. The fraction of sp³-hybridized carbons (Fsp3) is 0.562. The molecule has 0 saturated carbocycles. The average Bonchev–Trinajstić information content (AvgIpc) is 2.37. The van der Waals surface area contributed by atoms with Crippen LogP contribution in [0.1, 0.15) is 44.4 Å². The summed E-state index contributed by atoms with van der Waals surface area (Å²) in [7, 11) is 0. The first-order valence-electron chi connectivity index (χ1n) is 7.19. The summed E-state index contributed by atoms with van der Waals surface area (Å²) in [5.74, 6) is 0.301. The van der Waals surface area contributed by atoms with E-state index in [-0.39, 0.29) is 24.7 Å². The van der Waals surface area contributed by atoms with Gasteiger partial charge in [0.1, 0.15) is 0 Å². The molecule has 3 N–H and O–H groups in total. The maximum atomic E-state index is 12.0. The first-order valence-corrected chi connectivity index (χ1v) is 7.19. The van der Waals surface area contributed by atoms with Gasteiger partial charge in [-0.25, -0.2) is 4.79 Å². The van der Waals surface area contributed by atoms with Crippen molar-refractivity contribution < 1.29 is 9.90 Å². The van der Waals surface area contributed by atoms with Gasteiger partial charge in [-0.05, 0) is 37.3 Å². The highest BCUT2D eigenvalue weighted by Crippen LogP contribution is 2.24. The minimum Gasteiger partial charge on any atom is -0.396 e. The highest BCUT2D eigenvalue weighted by atomic mass is 16.3. The topological polar surface area (TPSA) is 61.4 Å². The van der Waals surface area contributed by atoms with Crippen LogP contribution in [0.25, 0.3) is 0 Å². The Balaban J connectivity index is 2.74. The predicted octanol–water partition coefficient (Wildman–Crippen LogP) is 2.76. The van der Waals surface area contributed by atoms with Gasteiger partial charge >= 0.3 is 6.03 Å². The minimum absolute atomic E-state index is 0.0162. The highest BCUT2D eigenvalue weighted by Gasteiger charge is 2.20. The van der Waals surface area contributed by atoms with E-state index in [0.29, 0.717) is 12.3 Å². The Labute approximate surface area is 121 Å². The van der Waals surface area contributed by atoms with Crippen molar-refractivity contribution in [3.63, 3.8) is 0 Å². The summed E-state index contributed by atoms with van der Waals surface area (Å²) in [4.78, 5) is 12.0. The molecule has 0 aliphatic rings. The van der Waals surface area contributed by atoms with Gasteiger partial charge in [-0.15, -0.1) is 0 Å². The van der Waals surface area contributed by atoms with Crippen molar-refractivity contribution in [1.82, 2.24) is 10.6 Å². The third-order valence-corrected chi connectivity index (χ3v) is 3.42. The second kappa shape index (κ2) is 7.90. The Hall–Kier alpha value is -1.55. The SMILES string of the molecule is Cc1ccccc1C(NC(=O)N[C@H](C)CCO)C(C)C. The molecule has 0 aliphatic heterocycles. The number of benzene rings is 1. The molecule has 1 aromatic rings. The number of aliphatic hydroxyl groups is 1. The predicted molar refractivity (Wildman–Crippen MR) is 81.6 cm³/mol. The van der Waals surface area contributed by atoms with E-state index in [1.165, 1.54) is 5.56 Å². The van der Waals surface area contributed by atoms with Gasteiger partial charge in [0, 0.05) is 12.6 Å². The van der Waals surface area contributed by atoms with Gasteiger partial charge in [-0.3, -0.25) is 0 Å². The van der Waals surface area contributed by atoms with Crippen LogP contribution < -0.4 is 10.6 Å². The maximum Gasteiger partial charge on any atom is 0.315 e. The van der Waals surface area contributed by atoms with E-state index in [1.54, 1.807) is 0 Å². The molecule has 2 atom stereocenters. The Morgan fingerprint density at radius 1 is 1.20 bits per heavy atom. The quantitative estimate of drug-likeness (QED) is 0.749. The van der Waals surface area contributed by atoms with Crippen molar-refractivity contribution >= 4 is 6.03 Å². The standard InChI is InChI=1S/C16H26N2O2/c1-11(2)15(14-8-6-5-7-12(14)3)18-16(20)17-13(4)9-10-19/h5-8,11,13,15,19H,9-10H2,1-4H3,(H2,17,18,20)/t13-,15?/m1/s1. The van der Waals surface area contributed by atoms with Crippen LogP contribution in [0, 0.1) is 12.8 Å². The molecule has 0 aliphatic carbocycles. The number of carbonyl (C=O) groups excluding carboxylic acids is 1. The number of aryl methyl sites for hydroxylation is 1. The number of amides is 2. The third-order valence-electron chi connectivity index (χ3n) is 3.42. The van der Waals surface area contributed by atoms with Crippen molar-refractivity contribution in [2.75, 3.05) is 6.61 Å². The summed E-state index contributed by atoms with van der Waals surface area (Å²) in [5, 5.41) is 14.7. The van der Waals surface area contributed by atoms with Crippen molar-refractivity contribution in [2.24, 2.45) is 5.92 Å². The second-order valence-corrected chi connectivity index (χ2v) is 5.61. The molecule has 0 heterocycles. The van der Waals surface area contributed by atoms with E-state index < -0.39 is 0 Å². The number of hydrogen-bond donors (Lipinski definition) is 3. The van der Waals surface area contributed by atoms with Crippen LogP contribution in [0.3, 0.4) is 0 Å². The molecule has 0 fully saturated rings. The number of nitrogens with one attached hydrogen (secondary N) is 2. The van der Waals surface area contributed by atoms with E-state index in [2.05, 4.69) is 43.5 Å². The summed E-state index contributed by atoms with van der Waals surface area (Å²) in [6.45, 7) is 8.20. The summed E-state index contributed by atoms with van der Waals surface area (Å²) in [6.07, 6.45) is 0.560. The maximum absolute atomic E-state index is 12.0. The third kappa shape index (κ3) is 4.85. The van der Waals surface area contributed by atoms with Crippen LogP contribution in [-0.4, -0.2) is 23.8 Å². The second-order valence-electron chi connectivity index (χ2n) is 5.61. The molecule has 1 rings (SSSR count). The molecule has 20 heavy (non-hydrogen) atoms. The van der Waals surface area contributed by atoms with Crippen LogP contribution in [0.4, 0.5) is 4.79 Å². The highest BCUT2D eigenvalue weighted by molar-refractivity contribution is 5.74. The molecule has 4 nitrogen and oxygen atoms in total. The largest absolute Gasteiger partial charge is 0.396 e. The molecule has 112 valence electrons. The molecular formula is C16H26N2O2. The summed E-state index contributed by atoms with van der Waals surface area (Å²) in [5.41, 5.74) is 2.32. The zero-order valence-corrected chi connectivity index (χ0v) is 12.8. The van der Waals surface area contributed by atoms with Gasteiger partial charge in [0.2, 0.25) is 0 Å². The Morgan fingerprint density at radius 3 is 2.40 bits per heavy atom. The normalized spacial score (nSPS) is 13.9. The molecule has 0 radical (unpaired) electrons. The lowest BCUT2D eigenvalue weighted by atomic mass is 9.93. The fourth-order valence-electron chi connectivity index (χ4n) is 2.21. The van der Waals surface area contributed by atoms with Gasteiger partial charge in [0.05, 0.1) is 6.04 Å². The van der Waals surface area contributed by atoms with Crippen molar-refractivity contribution in [1.29, 1.82) is 0 Å². The summed E-state index contributed by atoms with van der Waals surface area (Å²) < 4.78 is 0. The zero-order valence-electron chi connectivity index (χ0n) is 12.8. The lowest BCUT2D eigenvalue weighted by Crippen LogP contribution is -2.44. The fourth-order valence-corrected chi connectivity index (χ4v) is 2.21. The molecule has 4 heteroatoms.